The van der Waals surface area contributed by atoms with Gasteiger partial charge in [0.25, 0.3) is 10.0 Å². The molecule has 24 heavy (non-hydrogen) atoms. The Morgan fingerprint density at radius 1 is 1.38 bits per heavy atom. The maximum atomic E-state index is 13.8. The van der Waals surface area contributed by atoms with Gasteiger partial charge in [0.1, 0.15) is 10.7 Å². The average molecular weight is 350 g/mol. The van der Waals surface area contributed by atoms with Crippen molar-refractivity contribution in [3.8, 4) is 6.07 Å². The summed E-state index contributed by atoms with van der Waals surface area (Å²) in [6.45, 7) is 1.22. The Morgan fingerprint density at radius 3 is 2.83 bits per heavy atom. The van der Waals surface area contributed by atoms with E-state index in [1.54, 1.807) is 4.68 Å². The molecule has 1 saturated heterocycles. The number of rotatable bonds is 4. The smallest absolute Gasteiger partial charge is 0.265 e. The van der Waals surface area contributed by atoms with Crippen LogP contribution in [0.4, 0.5) is 10.1 Å². The summed E-state index contributed by atoms with van der Waals surface area (Å²) in [6.07, 6.45) is 4.16. The van der Waals surface area contributed by atoms with Gasteiger partial charge in [-0.15, -0.1) is 0 Å². The Hall–Kier alpha value is -2.44. The van der Waals surface area contributed by atoms with Crippen LogP contribution < -0.4 is 4.72 Å². The largest absolute Gasteiger partial charge is 0.381 e. The normalized spacial score (nSPS) is 15.8. The number of nitrogens with zero attached hydrogens (tertiary/aromatic N) is 3. The molecule has 1 aromatic heterocycles. The van der Waals surface area contributed by atoms with Crippen LogP contribution in [0.1, 0.15) is 24.4 Å². The van der Waals surface area contributed by atoms with E-state index in [1.165, 1.54) is 18.5 Å². The van der Waals surface area contributed by atoms with Crippen LogP contribution in [0.2, 0.25) is 0 Å². The van der Waals surface area contributed by atoms with Gasteiger partial charge < -0.3 is 4.74 Å². The number of aromatic nitrogens is 2. The highest BCUT2D eigenvalue weighted by Crippen LogP contribution is 2.23. The Balaban J connectivity index is 1.83. The average Bonchev–Trinajstić information content (AvgIpc) is 3.08. The van der Waals surface area contributed by atoms with Crippen molar-refractivity contribution in [2.45, 2.75) is 23.8 Å². The number of hydrogen-bond donors (Lipinski definition) is 1. The zero-order valence-electron chi connectivity index (χ0n) is 12.6. The number of nitriles is 1. The minimum Gasteiger partial charge on any atom is -0.381 e. The van der Waals surface area contributed by atoms with E-state index < -0.39 is 15.8 Å². The lowest BCUT2D eigenvalue weighted by atomic mass is 10.1. The number of benzene rings is 1. The van der Waals surface area contributed by atoms with Gasteiger partial charge >= 0.3 is 0 Å². The summed E-state index contributed by atoms with van der Waals surface area (Å²) in [5.41, 5.74) is -0.111. The van der Waals surface area contributed by atoms with Gasteiger partial charge in [0.2, 0.25) is 0 Å². The van der Waals surface area contributed by atoms with E-state index in [0.29, 0.717) is 13.2 Å². The predicted molar refractivity (Wildman–Crippen MR) is 83.2 cm³/mol. The van der Waals surface area contributed by atoms with E-state index in [-0.39, 0.29) is 22.2 Å². The highest BCUT2D eigenvalue weighted by Gasteiger charge is 2.22. The van der Waals surface area contributed by atoms with Crippen LogP contribution in [0.15, 0.2) is 35.5 Å². The van der Waals surface area contributed by atoms with Gasteiger partial charge in [0, 0.05) is 19.4 Å². The first-order valence-corrected chi connectivity index (χ1v) is 8.82. The molecule has 1 aliphatic heterocycles. The molecule has 0 spiro atoms. The third kappa shape index (κ3) is 3.39. The summed E-state index contributed by atoms with van der Waals surface area (Å²) in [4.78, 5) is -0.0595. The van der Waals surface area contributed by atoms with Crippen molar-refractivity contribution in [2.24, 2.45) is 0 Å². The number of anilines is 1. The molecule has 2 aromatic rings. The highest BCUT2D eigenvalue weighted by molar-refractivity contribution is 7.92. The molecule has 0 aliphatic carbocycles. The summed E-state index contributed by atoms with van der Waals surface area (Å²) in [6, 6.07) is 5.39. The molecule has 0 amide bonds. The van der Waals surface area contributed by atoms with E-state index in [2.05, 4.69) is 9.82 Å². The quantitative estimate of drug-likeness (QED) is 0.910. The third-order valence-electron chi connectivity index (χ3n) is 3.79. The summed E-state index contributed by atoms with van der Waals surface area (Å²) < 4.78 is 47.6. The van der Waals surface area contributed by atoms with Crippen molar-refractivity contribution in [2.75, 3.05) is 17.9 Å². The zero-order chi connectivity index (χ0) is 17.2. The number of nitrogens with one attached hydrogen (secondary N) is 1. The van der Waals surface area contributed by atoms with Crippen molar-refractivity contribution in [3.05, 3.63) is 42.0 Å². The minimum atomic E-state index is -3.99. The molecule has 126 valence electrons. The van der Waals surface area contributed by atoms with Crippen molar-refractivity contribution < 1.29 is 17.5 Å². The van der Waals surface area contributed by atoms with Crippen LogP contribution in [-0.4, -0.2) is 31.4 Å². The Morgan fingerprint density at radius 2 is 2.12 bits per heavy atom. The fourth-order valence-corrected chi connectivity index (χ4v) is 3.48. The van der Waals surface area contributed by atoms with Crippen molar-refractivity contribution in [1.29, 1.82) is 5.26 Å². The van der Waals surface area contributed by atoms with Crippen LogP contribution in [0.5, 0.6) is 0 Å². The van der Waals surface area contributed by atoms with Gasteiger partial charge in [0.05, 0.1) is 29.6 Å². The Bertz CT molecular complexity index is 882. The van der Waals surface area contributed by atoms with Gasteiger partial charge in [-0.3, -0.25) is 9.40 Å². The molecule has 0 unspecified atom stereocenters. The third-order valence-corrected chi connectivity index (χ3v) is 5.11. The van der Waals surface area contributed by atoms with Gasteiger partial charge in [-0.2, -0.15) is 10.4 Å². The van der Waals surface area contributed by atoms with Gasteiger partial charge in [-0.1, -0.05) is 0 Å². The summed E-state index contributed by atoms with van der Waals surface area (Å²) >= 11 is 0. The highest BCUT2D eigenvalue weighted by atomic mass is 32.2. The first kappa shape index (κ1) is 16.4. The molecule has 1 fully saturated rings. The number of ether oxygens (including phenoxy) is 1. The van der Waals surface area contributed by atoms with Gasteiger partial charge in [-0.25, -0.2) is 12.8 Å². The Kier molecular flexibility index (Phi) is 4.51. The maximum absolute atomic E-state index is 13.8. The first-order chi connectivity index (χ1) is 11.5. The van der Waals surface area contributed by atoms with Gasteiger partial charge in [-0.05, 0) is 31.0 Å². The van der Waals surface area contributed by atoms with E-state index in [0.717, 1.165) is 25.0 Å². The molecule has 9 heteroatoms. The van der Waals surface area contributed by atoms with Gasteiger partial charge in [0.15, 0.2) is 0 Å². The SMILES string of the molecule is N#Cc1ccc(F)c(NS(=O)(=O)c2cnn(C3CCOCC3)c2)c1. The molecule has 1 aromatic carbocycles. The molecule has 1 aliphatic rings. The van der Waals surface area contributed by atoms with Crippen molar-refractivity contribution >= 4 is 15.7 Å². The second-order valence-electron chi connectivity index (χ2n) is 5.41. The molecular weight excluding hydrogens is 335 g/mol. The molecule has 1 N–H and O–H groups in total. The fourth-order valence-electron chi connectivity index (χ4n) is 2.49. The lowest BCUT2D eigenvalue weighted by molar-refractivity contribution is 0.0662. The van der Waals surface area contributed by atoms with Crippen molar-refractivity contribution in [1.82, 2.24) is 9.78 Å². The van der Waals surface area contributed by atoms with Crippen molar-refractivity contribution in [3.63, 3.8) is 0 Å². The monoisotopic (exact) mass is 350 g/mol. The topological polar surface area (TPSA) is 97.0 Å². The maximum Gasteiger partial charge on any atom is 0.265 e. The second-order valence-corrected chi connectivity index (χ2v) is 7.09. The van der Waals surface area contributed by atoms with Crippen LogP contribution in [0, 0.1) is 17.1 Å². The second kappa shape index (κ2) is 6.59. The first-order valence-electron chi connectivity index (χ1n) is 7.34. The number of hydrogen-bond acceptors (Lipinski definition) is 5. The zero-order valence-corrected chi connectivity index (χ0v) is 13.5. The predicted octanol–water partition coefficient (Wildman–Crippen LogP) is 2.05. The number of sulfonamides is 1. The minimum absolute atomic E-state index is 0.0595. The van der Waals surface area contributed by atoms with Crippen LogP contribution in [0.3, 0.4) is 0 Å². The standard InChI is InChI=1S/C15H15FN4O3S/c16-14-2-1-11(8-17)7-15(14)19-24(21,22)13-9-18-20(10-13)12-3-5-23-6-4-12/h1-2,7,9-10,12,19H,3-6H2. The molecule has 0 bridgehead atoms. The fraction of sp³-hybridized carbons (Fsp3) is 0.333. The molecule has 0 radical (unpaired) electrons. The Labute approximate surface area is 138 Å². The molecule has 2 heterocycles. The molecule has 7 nitrogen and oxygen atoms in total. The molecule has 3 rings (SSSR count). The van der Waals surface area contributed by atoms with E-state index in [1.807, 2.05) is 6.07 Å². The molecule has 0 saturated carbocycles. The molecular formula is C15H15FN4O3S. The summed E-state index contributed by atoms with van der Waals surface area (Å²) in [7, 11) is -3.99. The summed E-state index contributed by atoms with van der Waals surface area (Å²) in [5.74, 6) is -0.755. The summed E-state index contributed by atoms with van der Waals surface area (Å²) in [5, 5.41) is 12.9. The lowest BCUT2D eigenvalue weighted by Crippen LogP contribution is -2.20. The van der Waals surface area contributed by atoms with Crippen LogP contribution in [0.25, 0.3) is 0 Å². The van der Waals surface area contributed by atoms with E-state index in [9.17, 15) is 12.8 Å². The van der Waals surface area contributed by atoms with Crippen LogP contribution >= 0.6 is 0 Å². The number of halogens is 1. The van der Waals surface area contributed by atoms with Crippen LogP contribution in [-0.2, 0) is 14.8 Å². The van der Waals surface area contributed by atoms with E-state index >= 15 is 0 Å². The van der Waals surface area contributed by atoms with E-state index in [4.69, 9.17) is 10.00 Å². The lowest BCUT2D eigenvalue weighted by Gasteiger charge is -2.22. The molecule has 0 atom stereocenters.